The molecule has 0 bridgehead atoms. The lowest BCUT2D eigenvalue weighted by Crippen LogP contribution is -2.17. The van der Waals surface area contributed by atoms with Gasteiger partial charge < -0.3 is 19.4 Å². The molecule has 0 radical (unpaired) electrons. The number of halogens is 1. The van der Waals surface area contributed by atoms with Gasteiger partial charge in [-0.3, -0.25) is 0 Å². The van der Waals surface area contributed by atoms with E-state index in [4.69, 9.17) is 21.1 Å². The van der Waals surface area contributed by atoms with Gasteiger partial charge in [-0.25, -0.2) is 14.8 Å². The van der Waals surface area contributed by atoms with Crippen LogP contribution in [0.15, 0.2) is 36.7 Å². The fraction of sp³-hybridized carbons (Fsp3) is 0.235. The average molecular weight is 393 g/mol. The lowest BCUT2D eigenvalue weighted by Gasteiger charge is -2.20. The Morgan fingerprint density at radius 3 is 2.77 bits per heavy atom. The third-order valence-corrected chi connectivity index (χ3v) is 5.14. The number of carbonyl (C=O) groups excluding carboxylic acids is 1. The average Bonchev–Trinajstić information content (AvgIpc) is 3.24. The number of hydrogen-bond donors (Lipinski definition) is 1. The van der Waals surface area contributed by atoms with Crippen LogP contribution in [0.3, 0.4) is 0 Å². The maximum absolute atomic E-state index is 11.8. The number of hydrogen-bond acceptors (Lipinski definition) is 7. The molecule has 1 atom stereocenters. The van der Waals surface area contributed by atoms with Crippen LogP contribution in [0.4, 0.5) is 5.13 Å². The van der Waals surface area contributed by atoms with Crippen LogP contribution in [0, 0.1) is 0 Å². The Morgan fingerprint density at radius 1 is 1.35 bits per heavy atom. The number of thiazole rings is 1. The first-order valence-corrected chi connectivity index (χ1v) is 8.86. The van der Waals surface area contributed by atoms with E-state index in [2.05, 4.69) is 15.3 Å². The summed E-state index contributed by atoms with van der Waals surface area (Å²) in [5, 5.41) is 3.89. The van der Waals surface area contributed by atoms with Crippen LogP contribution in [-0.4, -0.2) is 34.7 Å². The van der Waals surface area contributed by atoms with Gasteiger partial charge in [-0.1, -0.05) is 41.1 Å². The number of benzene rings is 1. The number of aryl methyl sites for hydroxylation is 1. The summed E-state index contributed by atoms with van der Waals surface area (Å²) in [7, 11) is 4.82. The molecular weight excluding hydrogens is 376 g/mol. The Labute approximate surface area is 159 Å². The highest BCUT2D eigenvalue weighted by molar-refractivity contribution is 7.18. The van der Waals surface area contributed by atoms with E-state index < -0.39 is 5.97 Å². The molecule has 136 valence electrons. The van der Waals surface area contributed by atoms with Crippen molar-refractivity contribution in [2.45, 2.75) is 6.04 Å². The summed E-state index contributed by atoms with van der Waals surface area (Å²) in [6.45, 7) is 0. The fourth-order valence-corrected chi connectivity index (χ4v) is 3.68. The van der Waals surface area contributed by atoms with E-state index in [9.17, 15) is 4.79 Å². The van der Waals surface area contributed by atoms with E-state index >= 15 is 0 Å². The van der Waals surface area contributed by atoms with Crippen LogP contribution in [0.1, 0.15) is 27.1 Å². The number of aromatic nitrogens is 3. The van der Waals surface area contributed by atoms with Gasteiger partial charge in [-0.15, -0.1) is 0 Å². The second-order valence-corrected chi connectivity index (χ2v) is 6.70. The maximum Gasteiger partial charge on any atom is 0.351 e. The van der Waals surface area contributed by atoms with Gasteiger partial charge in [0.25, 0.3) is 0 Å². The minimum Gasteiger partial charge on any atom is -0.496 e. The number of imidazole rings is 1. The quantitative estimate of drug-likeness (QED) is 0.646. The Kier molecular flexibility index (Phi) is 5.43. The predicted octanol–water partition coefficient (Wildman–Crippen LogP) is 3.53. The first kappa shape index (κ1) is 18.2. The lowest BCUT2D eigenvalue weighted by atomic mass is 10.1. The summed E-state index contributed by atoms with van der Waals surface area (Å²) in [5.74, 6) is 0.954. The summed E-state index contributed by atoms with van der Waals surface area (Å²) in [6, 6.07) is 7.29. The number of esters is 1. The number of methoxy groups -OCH3 is 2. The molecule has 0 saturated heterocycles. The van der Waals surface area contributed by atoms with Crippen LogP contribution >= 0.6 is 22.9 Å². The van der Waals surface area contributed by atoms with Crippen molar-refractivity contribution >= 4 is 34.0 Å². The summed E-state index contributed by atoms with van der Waals surface area (Å²) < 4.78 is 12.1. The van der Waals surface area contributed by atoms with E-state index in [0.717, 1.165) is 22.7 Å². The predicted molar refractivity (Wildman–Crippen MR) is 100 cm³/mol. The third kappa shape index (κ3) is 3.51. The molecule has 0 amide bonds. The molecule has 3 rings (SSSR count). The van der Waals surface area contributed by atoms with Gasteiger partial charge in [-0.2, -0.15) is 0 Å². The Morgan fingerprint density at radius 2 is 2.12 bits per heavy atom. The molecule has 0 aliphatic rings. The van der Waals surface area contributed by atoms with Crippen LogP contribution in [0.5, 0.6) is 5.75 Å². The number of rotatable bonds is 6. The van der Waals surface area contributed by atoms with Crippen LogP contribution < -0.4 is 10.1 Å². The minimum atomic E-state index is -0.522. The highest BCUT2D eigenvalue weighted by atomic mass is 35.5. The van der Waals surface area contributed by atoms with Crippen LogP contribution in [-0.2, 0) is 11.8 Å². The molecule has 26 heavy (non-hydrogen) atoms. The van der Waals surface area contributed by atoms with Crippen LogP contribution in [0.2, 0.25) is 5.15 Å². The zero-order valence-corrected chi connectivity index (χ0v) is 16.0. The number of para-hydroxylation sites is 1. The molecule has 1 aromatic carbocycles. The van der Waals surface area contributed by atoms with Crippen LogP contribution in [0.25, 0.3) is 0 Å². The smallest absolute Gasteiger partial charge is 0.351 e. The normalized spacial score (nSPS) is 11.8. The second kappa shape index (κ2) is 7.76. The van der Waals surface area contributed by atoms with E-state index in [1.807, 2.05) is 42.1 Å². The minimum absolute atomic E-state index is 0.1000. The van der Waals surface area contributed by atoms with Gasteiger partial charge in [0.05, 0.1) is 14.2 Å². The number of ether oxygens (including phenoxy) is 2. The fourth-order valence-electron chi connectivity index (χ4n) is 2.55. The summed E-state index contributed by atoms with van der Waals surface area (Å²) in [5.41, 5.74) is 0.884. The standard InChI is InChI=1S/C17H17ClN4O3S/c1-22-9-8-19-15(22)12(10-6-4-5-7-11(10)24-2)20-17-21-14(18)13(26-17)16(23)25-3/h4-9,12H,1-3H3,(H,20,21). The molecule has 2 heterocycles. The van der Waals surface area contributed by atoms with Crippen molar-refractivity contribution in [1.29, 1.82) is 0 Å². The first-order chi connectivity index (χ1) is 12.5. The highest BCUT2D eigenvalue weighted by Gasteiger charge is 2.25. The number of nitrogens with one attached hydrogen (secondary N) is 1. The summed E-state index contributed by atoms with van der Waals surface area (Å²) in [4.78, 5) is 20.7. The van der Waals surface area contributed by atoms with Gasteiger partial charge in [0.2, 0.25) is 0 Å². The third-order valence-electron chi connectivity index (χ3n) is 3.79. The zero-order chi connectivity index (χ0) is 18.7. The zero-order valence-electron chi connectivity index (χ0n) is 14.4. The van der Waals surface area contributed by atoms with E-state index in [1.165, 1.54) is 7.11 Å². The van der Waals surface area contributed by atoms with E-state index in [1.54, 1.807) is 13.3 Å². The number of anilines is 1. The first-order valence-electron chi connectivity index (χ1n) is 7.66. The maximum atomic E-state index is 11.8. The second-order valence-electron chi connectivity index (χ2n) is 5.35. The van der Waals surface area contributed by atoms with Gasteiger partial charge >= 0.3 is 5.97 Å². The number of nitrogens with zero attached hydrogens (tertiary/aromatic N) is 3. The SMILES string of the molecule is COC(=O)c1sc(NC(c2ccccc2OC)c2nccn2C)nc1Cl. The van der Waals surface area contributed by atoms with Gasteiger partial charge in [0.1, 0.15) is 17.6 Å². The molecule has 3 aromatic rings. The molecule has 0 aliphatic carbocycles. The molecule has 0 aliphatic heterocycles. The topological polar surface area (TPSA) is 78.3 Å². The molecular formula is C17H17ClN4O3S. The van der Waals surface area contributed by atoms with Gasteiger partial charge in [0.15, 0.2) is 15.2 Å². The van der Waals surface area contributed by atoms with Crippen molar-refractivity contribution in [3.8, 4) is 5.75 Å². The van der Waals surface area contributed by atoms with Crippen molar-refractivity contribution in [2.24, 2.45) is 7.05 Å². The molecule has 1 N–H and O–H groups in total. The molecule has 0 spiro atoms. The van der Waals surface area contributed by atoms with Crippen molar-refractivity contribution in [3.05, 3.63) is 58.1 Å². The Balaban J connectivity index is 2.03. The summed E-state index contributed by atoms with van der Waals surface area (Å²) >= 11 is 7.20. The van der Waals surface area contributed by atoms with E-state index in [0.29, 0.717) is 10.9 Å². The van der Waals surface area contributed by atoms with Gasteiger partial charge in [-0.05, 0) is 6.07 Å². The molecule has 2 aromatic heterocycles. The van der Waals surface area contributed by atoms with E-state index in [-0.39, 0.29) is 16.1 Å². The molecule has 7 nitrogen and oxygen atoms in total. The van der Waals surface area contributed by atoms with Crippen molar-refractivity contribution in [1.82, 2.24) is 14.5 Å². The summed E-state index contributed by atoms with van der Waals surface area (Å²) in [6.07, 6.45) is 3.57. The Hall–Kier alpha value is -2.58. The van der Waals surface area contributed by atoms with Crippen molar-refractivity contribution < 1.29 is 14.3 Å². The Bertz CT molecular complexity index is 924. The highest BCUT2D eigenvalue weighted by Crippen LogP contribution is 2.35. The molecule has 0 saturated carbocycles. The molecule has 0 fully saturated rings. The molecule has 9 heteroatoms. The van der Waals surface area contributed by atoms with Crippen molar-refractivity contribution in [3.63, 3.8) is 0 Å². The molecule has 1 unspecified atom stereocenters. The monoisotopic (exact) mass is 392 g/mol. The largest absolute Gasteiger partial charge is 0.496 e. The van der Waals surface area contributed by atoms with Crippen molar-refractivity contribution in [2.75, 3.05) is 19.5 Å². The number of carbonyl (C=O) groups is 1. The lowest BCUT2D eigenvalue weighted by molar-refractivity contribution is 0.0606. The van der Waals surface area contributed by atoms with Gasteiger partial charge in [0, 0.05) is 25.0 Å².